The molecule has 2 saturated heterocycles. The minimum Gasteiger partial charge on any atom is -0.381 e. The zero-order valence-electron chi connectivity index (χ0n) is 19.3. The van der Waals surface area contributed by atoms with Gasteiger partial charge in [0.1, 0.15) is 11.5 Å². The number of carbonyl (C=O) groups is 1. The van der Waals surface area contributed by atoms with E-state index in [-0.39, 0.29) is 23.6 Å². The van der Waals surface area contributed by atoms with E-state index in [1.807, 2.05) is 12.1 Å². The highest BCUT2D eigenvalue weighted by atomic mass is 35.5. The molecule has 5 heterocycles. The second kappa shape index (κ2) is 8.85. The predicted molar refractivity (Wildman–Crippen MR) is 132 cm³/mol. The molecule has 0 spiro atoms. The van der Waals surface area contributed by atoms with E-state index in [4.69, 9.17) is 21.1 Å². The maximum Gasteiger partial charge on any atom is 0.274 e. The van der Waals surface area contributed by atoms with Crippen molar-refractivity contribution in [3.8, 4) is 0 Å². The van der Waals surface area contributed by atoms with Gasteiger partial charge in [0.2, 0.25) is 0 Å². The quantitative estimate of drug-likeness (QED) is 0.479. The largest absolute Gasteiger partial charge is 0.381 e. The number of aromatic nitrogens is 3. The van der Waals surface area contributed by atoms with Gasteiger partial charge < -0.3 is 30.0 Å². The average molecular weight is 499 g/mol. The molecule has 6 rings (SSSR count). The number of ether oxygens (including phenoxy) is 2. The van der Waals surface area contributed by atoms with Gasteiger partial charge in [-0.1, -0.05) is 11.6 Å². The smallest absolute Gasteiger partial charge is 0.274 e. The van der Waals surface area contributed by atoms with Gasteiger partial charge in [-0.3, -0.25) is 9.59 Å². The fourth-order valence-electron chi connectivity index (χ4n) is 5.22. The first-order valence-electron chi connectivity index (χ1n) is 11.9. The summed E-state index contributed by atoms with van der Waals surface area (Å²) in [5.41, 5.74) is 1.91. The molecule has 2 unspecified atom stereocenters. The van der Waals surface area contributed by atoms with Crippen molar-refractivity contribution >= 4 is 40.2 Å². The van der Waals surface area contributed by atoms with E-state index in [0.717, 1.165) is 12.8 Å². The van der Waals surface area contributed by atoms with Crippen molar-refractivity contribution in [2.45, 2.75) is 24.9 Å². The molecule has 0 aromatic carbocycles. The van der Waals surface area contributed by atoms with E-state index in [9.17, 15) is 9.59 Å². The lowest BCUT2D eigenvalue weighted by atomic mass is 10.1. The Balaban J connectivity index is 1.32. The molecule has 4 atom stereocenters. The summed E-state index contributed by atoms with van der Waals surface area (Å²) in [5.74, 6) is 1.32. The number of anilines is 3. The maximum absolute atomic E-state index is 13.3. The van der Waals surface area contributed by atoms with Gasteiger partial charge in [0.05, 0.1) is 48.2 Å². The molecular formula is C24H27ClN6O4. The van der Waals surface area contributed by atoms with E-state index >= 15 is 0 Å². The van der Waals surface area contributed by atoms with Crippen LogP contribution in [-0.2, 0) is 9.47 Å². The highest BCUT2D eigenvalue weighted by Gasteiger charge is 2.54. The molecule has 3 aromatic rings. The lowest BCUT2D eigenvalue weighted by Crippen LogP contribution is -2.31. The summed E-state index contributed by atoms with van der Waals surface area (Å²) in [6.45, 7) is 2.60. The molecule has 3 aromatic heterocycles. The third-order valence-electron chi connectivity index (χ3n) is 7.19. The van der Waals surface area contributed by atoms with Gasteiger partial charge >= 0.3 is 0 Å². The summed E-state index contributed by atoms with van der Waals surface area (Å²) in [4.78, 5) is 26.3. The molecule has 0 bridgehead atoms. The van der Waals surface area contributed by atoms with Crippen LogP contribution in [0.2, 0.25) is 5.02 Å². The summed E-state index contributed by atoms with van der Waals surface area (Å²) in [6.07, 6.45) is 4.99. The minimum atomic E-state index is -0.176. The van der Waals surface area contributed by atoms with Crippen LogP contribution < -0.4 is 21.5 Å². The molecule has 1 aliphatic carbocycles. The zero-order valence-corrected chi connectivity index (χ0v) is 20.0. The number of nitrogens with one attached hydrogen (secondary N) is 3. The summed E-state index contributed by atoms with van der Waals surface area (Å²) in [7, 11) is 1.78. The summed E-state index contributed by atoms with van der Waals surface area (Å²) >= 11 is 6.38. The van der Waals surface area contributed by atoms with Gasteiger partial charge in [-0.25, -0.2) is 4.52 Å². The Morgan fingerprint density at radius 3 is 2.74 bits per heavy atom. The third-order valence-corrected chi connectivity index (χ3v) is 7.39. The molecule has 0 radical (unpaired) electrons. The third kappa shape index (κ3) is 4.05. The number of carbonyl (C=O) groups excluding carboxylic acids is 1. The molecule has 2 aliphatic heterocycles. The van der Waals surface area contributed by atoms with Crippen LogP contribution in [0.4, 0.5) is 17.2 Å². The molecule has 11 heteroatoms. The van der Waals surface area contributed by atoms with Crippen molar-refractivity contribution in [2.75, 3.05) is 44.1 Å². The van der Waals surface area contributed by atoms with E-state index in [1.54, 1.807) is 34.6 Å². The topological polar surface area (TPSA) is 111 Å². The lowest BCUT2D eigenvalue weighted by molar-refractivity contribution is 0.0581. The average Bonchev–Trinajstić information content (AvgIpc) is 3.22. The lowest BCUT2D eigenvalue weighted by Gasteiger charge is -2.25. The van der Waals surface area contributed by atoms with Crippen LogP contribution in [0.5, 0.6) is 0 Å². The molecule has 35 heavy (non-hydrogen) atoms. The van der Waals surface area contributed by atoms with Gasteiger partial charge in [0.25, 0.3) is 11.5 Å². The second-order valence-corrected chi connectivity index (χ2v) is 9.82. The van der Waals surface area contributed by atoms with Crippen LogP contribution in [0.25, 0.3) is 5.52 Å². The van der Waals surface area contributed by atoms with E-state index < -0.39 is 0 Å². The highest BCUT2D eigenvalue weighted by Crippen LogP contribution is 2.44. The molecular weight excluding hydrogens is 472 g/mol. The van der Waals surface area contributed by atoms with Gasteiger partial charge in [-0.2, -0.15) is 5.10 Å². The Labute approximate surface area is 206 Å². The van der Waals surface area contributed by atoms with Crippen molar-refractivity contribution in [3.05, 3.63) is 51.5 Å². The minimum absolute atomic E-state index is 0.0525. The Bertz CT molecular complexity index is 1340. The Morgan fingerprint density at radius 2 is 2.00 bits per heavy atom. The summed E-state index contributed by atoms with van der Waals surface area (Å²) in [5, 5.41) is 14.3. The van der Waals surface area contributed by atoms with Gasteiger partial charge in [-0.15, -0.1) is 0 Å². The Kier molecular flexibility index (Phi) is 5.66. The normalized spacial score (nSPS) is 25.3. The zero-order chi connectivity index (χ0) is 24.1. The first-order valence-corrected chi connectivity index (χ1v) is 12.3. The number of pyridine rings is 2. The van der Waals surface area contributed by atoms with Crippen molar-refractivity contribution < 1.29 is 14.3 Å². The first-order chi connectivity index (χ1) is 17.0. The van der Waals surface area contributed by atoms with Crippen molar-refractivity contribution in [2.24, 2.45) is 11.8 Å². The first kappa shape index (κ1) is 22.4. The fourth-order valence-corrected chi connectivity index (χ4v) is 5.44. The van der Waals surface area contributed by atoms with Gasteiger partial charge in [0.15, 0.2) is 0 Å². The molecule has 3 aliphatic rings. The predicted octanol–water partition coefficient (Wildman–Crippen LogP) is 2.66. The fraction of sp³-hybridized carbons (Fsp3) is 0.458. The van der Waals surface area contributed by atoms with Crippen LogP contribution in [0.3, 0.4) is 0 Å². The van der Waals surface area contributed by atoms with Crippen LogP contribution in [0.15, 0.2) is 35.4 Å². The summed E-state index contributed by atoms with van der Waals surface area (Å²) in [6, 6.07) is 5.37. The van der Waals surface area contributed by atoms with Crippen molar-refractivity contribution in [1.82, 2.24) is 19.5 Å². The van der Waals surface area contributed by atoms with Crippen LogP contribution in [-0.4, -0.2) is 59.6 Å². The van der Waals surface area contributed by atoms with Gasteiger partial charge in [-0.05, 0) is 25.0 Å². The van der Waals surface area contributed by atoms with Crippen LogP contribution >= 0.6 is 11.6 Å². The Morgan fingerprint density at radius 1 is 1.17 bits per heavy atom. The maximum atomic E-state index is 13.3. The van der Waals surface area contributed by atoms with Crippen molar-refractivity contribution in [3.63, 3.8) is 0 Å². The standard InChI is InChI=1S/C24H27ClN6O4/c1-26-21-7-14(28-19-5-13(25)9-30(24(19)33)15-3-2-4-34-10-15)6-20-16(8-27-31(20)21)23(32)29-22-17-11-35-12-18(17)22/h5-9,15,17-18,22,26,28H,2-4,10-12H2,1H3,(H,29,32)/t15?,17-,18+,22?. The molecule has 10 nitrogen and oxygen atoms in total. The second-order valence-electron chi connectivity index (χ2n) is 9.38. The number of halogens is 1. The number of hydrogen-bond acceptors (Lipinski definition) is 7. The molecule has 1 saturated carbocycles. The number of fused-ring (bicyclic) bond motifs is 2. The molecule has 3 N–H and O–H groups in total. The number of amides is 1. The molecule has 3 fully saturated rings. The van der Waals surface area contributed by atoms with Crippen molar-refractivity contribution in [1.29, 1.82) is 0 Å². The van der Waals surface area contributed by atoms with Gasteiger partial charge in [0, 0.05) is 49.5 Å². The number of nitrogens with zero attached hydrogens (tertiary/aromatic N) is 3. The van der Waals surface area contributed by atoms with E-state index in [0.29, 0.717) is 71.6 Å². The van der Waals surface area contributed by atoms with Crippen LogP contribution in [0, 0.1) is 11.8 Å². The highest BCUT2D eigenvalue weighted by molar-refractivity contribution is 6.30. The monoisotopic (exact) mass is 498 g/mol. The molecule has 184 valence electrons. The SMILES string of the molecule is CNc1cc(Nc2cc(Cl)cn(C3CCCOC3)c2=O)cc2c(C(=O)NC3[C@H]4COC[C@@H]34)cnn12. The Hall–Kier alpha value is -3.08. The van der Waals surface area contributed by atoms with E-state index in [1.165, 1.54) is 0 Å². The van der Waals surface area contributed by atoms with E-state index in [2.05, 4.69) is 21.0 Å². The number of rotatable bonds is 6. The van der Waals surface area contributed by atoms with Crippen LogP contribution in [0.1, 0.15) is 29.2 Å². The molecule has 1 amide bonds. The number of hydrogen-bond donors (Lipinski definition) is 3. The summed E-state index contributed by atoms with van der Waals surface area (Å²) < 4.78 is 14.3.